The van der Waals surface area contributed by atoms with Gasteiger partial charge in [-0.05, 0) is 25.6 Å². The lowest BCUT2D eigenvalue weighted by Crippen LogP contribution is -2.53. The molecule has 1 fully saturated rings. The van der Waals surface area contributed by atoms with Crippen molar-refractivity contribution in [2.45, 2.75) is 12.5 Å². The van der Waals surface area contributed by atoms with E-state index in [2.05, 4.69) is 10.00 Å². The number of nitrogens with zero attached hydrogens (tertiary/aromatic N) is 4. The minimum Gasteiger partial charge on any atom is -0.494 e. The van der Waals surface area contributed by atoms with E-state index in [1.165, 1.54) is 0 Å². The molecule has 1 aromatic heterocycles. The lowest BCUT2D eigenvalue weighted by Gasteiger charge is -2.39. The summed E-state index contributed by atoms with van der Waals surface area (Å²) in [6.45, 7) is 2.23. The fraction of sp³-hybridized carbons (Fsp3) is 0.444. The van der Waals surface area contributed by atoms with E-state index in [9.17, 15) is 9.90 Å². The molecule has 1 atom stereocenters. The Morgan fingerprint density at radius 3 is 2.92 bits per heavy atom. The van der Waals surface area contributed by atoms with Gasteiger partial charge in [0.05, 0.1) is 18.9 Å². The number of rotatable bonds is 5. The molecule has 1 saturated heterocycles. The Balaban J connectivity index is 1.77. The highest BCUT2D eigenvalue weighted by atomic mass is 16.5. The molecule has 1 aliphatic rings. The molecule has 0 spiro atoms. The third-order valence-electron chi connectivity index (χ3n) is 4.69. The number of piperazine rings is 1. The minimum atomic E-state index is -0.0304. The Labute approximate surface area is 147 Å². The monoisotopic (exact) mass is 344 g/mol. The SMILES string of the molecule is COc1ccccc1-n1cc(C(=O)N2CCN(C)[C@@H](CCO)C2)cn1. The highest BCUT2D eigenvalue weighted by molar-refractivity contribution is 5.94. The summed E-state index contributed by atoms with van der Waals surface area (Å²) in [7, 11) is 3.64. The van der Waals surface area contributed by atoms with E-state index in [1.807, 2.05) is 36.2 Å². The van der Waals surface area contributed by atoms with Crippen molar-refractivity contribution in [2.75, 3.05) is 40.4 Å². The molecule has 1 amide bonds. The Bertz CT molecular complexity index is 731. The predicted octanol–water partition coefficient (Wildman–Crippen LogP) is 1.02. The fourth-order valence-corrected chi connectivity index (χ4v) is 3.16. The molecule has 7 nitrogen and oxygen atoms in total. The summed E-state index contributed by atoms with van der Waals surface area (Å²) < 4.78 is 7.01. The first-order chi connectivity index (χ1) is 12.1. The van der Waals surface area contributed by atoms with Crippen LogP contribution in [0.5, 0.6) is 5.75 Å². The Kier molecular flexibility index (Phi) is 5.35. The summed E-state index contributed by atoms with van der Waals surface area (Å²) in [6, 6.07) is 7.74. The third kappa shape index (κ3) is 3.67. The lowest BCUT2D eigenvalue weighted by molar-refractivity contribution is 0.0500. The van der Waals surface area contributed by atoms with Gasteiger partial charge >= 0.3 is 0 Å². The predicted molar refractivity (Wildman–Crippen MR) is 94.1 cm³/mol. The van der Waals surface area contributed by atoms with Gasteiger partial charge in [-0.3, -0.25) is 9.69 Å². The summed E-state index contributed by atoms with van der Waals surface area (Å²) in [5.74, 6) is 0.671. The van der Waals surface area contributed by atoms with E-state index < -0.39 is 0 Å². The van der Waals surface area contributed by atoms with Crippen molar-refractivity contribution < 1.29 is 14.6 Å². The van der Waals surface area contributed by atoms with E-state index in [0.29, 0.717) is 30.8 Å². The van der Waals surface area contributed by atoms with E-state index >= 15 is 0 Å². The van der Waals surface area contributed by atoms with Crippen LogP contribution in [0.4, 0.5) is 0 Å². The van der Waals surface area contributed by atoms with Crippen molar-refractivity contribution >= 4 is 5.91 Å². The maximum atomic E-state index is 12.8. The zero-order chi connectivity index (χ0) is 17.8. The van der Waals surface area contributed by atoms with Gasteiger partial charge in [-0.2, -0.15) is 5.10 Å². The number of likely N-dealkylation sites (N-methyl/N-ethyl adjacent to an activating group) is 1. The first kappa shape index (κ1) is 17.4. The molecule has 2 heterocycles. The van der Waals surface area contributed by atoms with Crippen molar-refractivity contribution in [3.05, 3.63) is 42.2 Å². The number of hydrogen-bond donors (Lipinski definition) is 1. The third-order valence-corrected chi connectivity index (χ3v) is 4.69. The molecule has 134 valence electrons. The average molecular weight is 344 g/mol. The van der Waals surface area contributed by atoms with Crippen LogP contribution in [0.15, 0.2) is 36.7 Å². The van der Waals surface area contributed by atoms with Crippen LogP contribution >= 0.6 is 0 Å². The van der Waals surface area contributed by atoms with E-state index in [-0.39, 0.29) is 18.6 Å². The zero-order valence-corrected chi connectivity index (χ0v) is 14.6. The zero-order valence-electron chi connectivity index (χ0n) is 14.6. The molecular weight excluding hydrogens is 320 g/mol. The summed E-state index contributed by atoms with van der Waals surface area (Å²) in [5, 5.41) is 13.5. The minimum absolute atomic E-state index is 0.0304. The van der Waals surface area contributed by atoms with Gasteiger partial charge in [-0.25, -0.2) is 4.68 Å². The molecule has 0 bridgehead atoms. The number of benzene rings is 1. The average Bonchev–Trinajstić information content (AvgIpc) is 3.13. The number of amides is 1. The normalized spacial score (nSPS) is 18.4. The van der Waals surface area contributed by atoms with Crippen molar-refractivity contribution in [3.8, 4) is 11.4 Å². The smallest absolute Gasteiger partial charge is 0.257 e. The van der Waals surface area contributed by atoms with Crippen molar-refractivity contribution in [1.29, 1.82) is 0 Å². The standard InChI is InChI=1S/C18H24N4O3/c1-20-8-9-21(13-15(20)7-10-23)18(24)14-11-19-22(12-14)16-5-3-4-6-17(16)25-2/h3-6,11-12,15,23H,7-10,13H2,1-2H3/t15-/m0/s1. The highest BCUT2D eigenvalue weighted by Gasteiger charge is 2.28. The van der Waals surface area contributed by atoms with E-state index in [0.717, 1.165) is 12.2 Å². The number of aromatic nitrogens is 2. The van der Waals surface area contributed by atoms with Gasteiger partial charge in [-0.1, -0.05) is 12.1 Å². The number of aliphatic hydroxyl groups is 1. The number of hydrogen-bond acceptors (Lipinski definition) is 5. The van der Waals surface area contributed by atoms with Gasteiger partial charge in [-0.15, -0.1) is 0 Å². The molecule has 1 aromatic carbocycles. The van der Waals surface area contributed by atoms with Crippen LogP contribution in [-0.4, -0.2) is 77.0 Å². The lowest BCUT2D eigenvalue weighted by atomic mass is 10.1. The molecular formula is C18H24N4O3. The largest absolute Gasteiger partial charge is 0.494 e. The molecule has 0 radical (unpaired) electrons. The second-order valence-electron chi connectivity index (χ2n) is 6.24. The van der Waals surface area contributed by atoms with Crippen LogP contribution in [0.3, 0.4) is 0 Å². The van der Waals surface area contributed by atoms with E-state index in [1.54, 1.807) is 24.2 Å². The van der Waals surface area contributed by atoms with Crippen molar-refractivity contribution in [3.63, 3.8) is 0 Å². The Hall–Kier alpha value is -2.38. The number of aliphatic hydroxyl groups excluding tert-OH is 1. The summed E-state index contributed by atoms with van der Waals surface area (Å²) in [4.78, 5) is 16.8. The van der Waals surface area contributed by atoms with Gasteiger partial charge in [0.25, 0.3) is 5.91 Å². The quantitative estimate of drug-likeness (QED) is 0.877. The van der Waals surface area contributed by atoms with Gasteiger partial charge in [0.2, 0.25) is 0 Å². The molecule has 2 aromatic rings. The molecule has 7 heteroatoms. The van der Waals surface area contributed by atoms with Crippen molar-refractivity contribution in [1.82, 2.24) is 19.6 Å². The molecule has 1 aliphatic heterocycles. The summed E-state index contributed by atoms with van der Waals surface area (Å²) >= 11 is 0. The molecule has 0 aliphatic carbocycles. The summed E-state index contributed by atoms with van der Waals surface area (Å²) in [6.07, 6.45) is 3.99. The van der Waals surface area contributed by atoms with Crippen LogP contribution in [0, 0.1) is 0 Å². The number of carbonyl (C=O) groups is 1. The number of para-hydroxylation sites is 2. The highest BCUT2D eigenvalue weighted by Crippen LogP contribution is 2.22. The molecule has 0 unspecified atom stereocenters. The van der Waals surface area contributed by atoms with Gasteiger partial charge < -0.3 is 14.7 Å². The van der Waals surface area contributed by atoms with Crippen LogP contribution in [0.25, 0.3) is 5.69 Å². The van der Waals surface area contributed by atoms with Gasteiger partial charge in [0.15, 0.2) is 0 Å². The first-order valence-corrected chi connectivity index (χ1v) is 8.42. The molecule has 1 N–H and O–H groups in total. The number of ether oxygens (including phenoxy) is 1. The van der Waals surface area contributed by atoms with Gasteiger partial charge in [0, 0.05) is 38.5 Å². The van der Waals surface area contributed by atoms with Crippen LogP contribution in [0.2, 0.25) is 0 Å². The second-order valence-corrected chi connectivity index (χ2v) is 6.24. The Morgan fingerprint density at radius 1 is 1.36 bits per heavy atom. The Morgan fingerprint density at radius 2 is 2.16 bits per heavy atom. The summed E-state index contributed by atoms with van der Waals surface area (Å²) in [5.41, 5.74) is 1.35. The van der Waals surface area contributed by atoms with Crippen LogP contribution in [0.1, 0.15) is 16.8 Å². The van der Waals surface area contributed by atoms with Crippen LogP contribution in [-0.2, 0) is 0 Å². The second kappa shape index (κ2) is 7.67. The first-order valence-electron chi connectivity index (χ1n) is 8.42. The fourth-order valence-electron chi connectivity index (χ4n) is 3.16. The molecule has 25 heavy (non-hydrogen) atoms. The maximum Gasteiger partial charge on any atom is 0.257 e. The maximum absolute atomic E-state index is 12.8. The molecule has 0 saturated carbocycles. The van der Waals surface area contributed by atoms with E-state index in [4.69, 9.17) is 4.74 Å². The van der Waals surface area contributed by atoms with Gasteiger partial charge in [0.1, 0.15) is 11.4 Å². The molecule has 3 rings (SSSR count). The topological polar surface area (TPSA) is 70.8 Å². The van der Waals surface area contributed by atoms with Crippen LogP contribution < -0.4 is 4.74 Å². The number of methoxy groups -OCH3 is 1. The van der Waals surface area contributed by atoms with Crippen molar-refractivity contribution in [2.24, 2.45) is 0 Å². The number of carbonyl (C=O) groups excluding carboxylic acids is 1.